The summed E-state index contributed by atoms with van der Waals surface area (Å²) in [6.45, 7) is -0.595. The summed E-state index contributed by atoms with van der Waals surface area (Å²) in [7, 11) is 0. The Labute approximate surface area is 179 Å². The average molecular weight is 485 g/mol. The van der Waals surface area contributed by atoms with Crippen LogP contribution in [0.4, 0.5) is 0 Å². The van der Waals surface area contributed by atoms with Gasteiger partial charge in [-0.1, -0.05) is 35.9 Å². The van der Waals surface area contributed by atoms with Crippen molar-refractivity contribution in [2.24, 2.45) is 0 Å². The zero-order chi connectivity index (χ0) is 20.8. The first kappa shape index (κ1) is 20.6. The number of aromatic nitrogens is 1. The summed E-state index contributed by atoms with van der Waals surface area (Å²) in [5.74, 6) is -1.78. The van der Waals surface area contributed by atoms with Gasteiger partial charge in [0.15, 0.2) is 6.10 Å². The SMILES string of the molecule is OC[C@H]1OC(Oc2cccc(Br)c2Cl)(c2cc3ccccc3[nH]2)[C@H](O)[C@@H](O)[C@H]1O. The highest BCUT2D eigenvalue weighted by Crippen LogP contribution is 2.43. The van der Waals surface area contributed by atoms with Crippen molar-refractivity contribution in [1.82, 2.24) is 4.98 Å². The Morgan fingerprint density at radius 2 is 1.86 bits per heavy atom. The molecule has 154 valence electrons. The molecule has 1 aliphatic rings. The van der Waals surface area contributed by atoms with Crippen molar-refractivity contribution in [1.29, 1.82) is 0 Å². The number of rotatable bonds is 4. The minimum Gasteiger partial charge on any atom is -0.452 e. The molecule has 7 nitrogen and oxygen atoms in total. The maximum atomic E-state index is 11.0. The van der Waals surface area contributed by atoms with Gasteiger partial charge in [-0.3, -0.25) is 0 Å². The van der Waals surface area contributed by atoms with Gasteiger partial charge < -0.3 is 34.9 Å². The fraction of sp³-hybridized carbons (Fsp3) is 0.300. The number of hydrogen-bond acceptors (Lipinski definition) is 6. The van der Waals surface area contributed by atoms with Crippen LogP contribution in [0.5, 0.6) is 5.75 Å². The fourth-order valence-corrected chi connectivity index (χ4v) is 4.00. The van der Waals surface area contributed by atoms with Crippen LogP contribution in [-0.4, -0.2) is 56.4 Å². The number of aliphatic hydroxyl groups excluding tert-OH is 4. The highest BCUT2D eigenvalue weighted by molar-refractivity contribution is 9.10. The van der Waals surface area contributed by atoms with E-state index < -0.39 is 36.8 Å². The molecule has 1 fully saturated rings. The van der Waals surface area contributed by atoms with E-state index in [9.17, 15) is 20.4 Å². The van der Waals surface area contributed by atoms with Gasteiger partial charge in [0.2, 0.25) is 0 Å². The Bertz CT molecular complexity index is 994. The van der Waals surface area contributed by atoms with Gasteiger partial charge in [-0.05, 0) is 45.6 Å². The second-order valence-electron chi connectivity index (χ2n) is 6.86. The standard InChI is InChI=1S/C20H19BrClNO6/c21-11-5-3-7-13(16(11)22)28-20(15-8-10-4-1-2-6-12(10)23-15)19(27)18(26)17(25)14(9-24)29-20/h1-8,14,17-19,23-27H,9H2/t14-,17+,18+,19-,20?/m1/s1. The molecule has 0 bridgehead atoms. The minimum atomic E-state index is -1.96. The molecular weight excluding hydrogens is 466 g/mol. The highest BCUT2D eigenvalue weighted by Gasteiger charge is 2.57. The van der Waals surface area contributed by atoms with Gasteiger partial charge in [0, 0.05) is 9.99 Å². The molecule has 1 aliphatic heterocycles. The van der Waals surface area contributed by atoms with E-state index in [2.05, 4.69) is 20.9 Å². The van der Waals surface area contributed by atoms with Crippen molar-refractivity contribution >= 4 is 38.4 Å². The van der Waals surface area contributed by atoms with Crippen LogP contribution in [0.15, 0.2) is 53.0 Å². The third kappa shape index (κ3) is 3.44. The first-order chi connectivity index (χ1) is 13.9. The van der Waals surface area contributed by atoms with Gasteiger partial charge in [-0.2, -0.15) is 0 Å². The van der Waals surface area contributed by atoms with Crippen LogP contribution in [0, 0.1) is 0 Å². The van der Waals surface area contributed by atoms with E-state index in [0.717, 1.165) is 10.9 Å². The lowest BCUT2D eigenvalue weighted by Crippen LogP contribution is -2.65. The van der Waals surface area contributed by atoms with Crippen molar-refractivity contribution in [2.45, 2.75) is 30.2 Å². The second kappa shape index (κ2) is 7.88. The summed E-state index contributed by atoms with van der Waals surface area (Å²) >= 11 is 9.67. The summed E-state index contributed by atoms with van der Waals surface area (Å²) in [4.78, 5) is 3.13. The van der Waals surface area contributed by atoms with E-state index in [1.54, 1.807) is 24.3 Å². The Hall–Kier alpha value is -1.65. The maximum Gasteiger partial charge on any atom is 0.281 e. The molecule has 29 heavy (non-hydrogen) atoms. The Balaban J connectivity index is 1.89. The van der Waals surface area contributed by atoms with Gasteiger partial charge in [0.25, 0.3) is 5.79 Å². The van der Waals surface area contributed by atoms with Crippen LogP contribution >= 0.6 is 27.5 Å². The number of ether oxygens (including phenoxy) is 2. The quantitative estimate of drug-likeness (QED) is 0.388. The lowest BCUT2D eigenvalue weighted by molar-refractivity contribution is -0.347. The molecule has 2 heterocycles. The highest BCUT2D eigenvalue weighted by atomic mass is 79.9. The molecule has 0 spiro atoms. The van der Waals surface area contributed by atoms with E-state index in [0.29, 0.717) is 10.2 Å². The first-order valence-electron chi connectivity index (χ1n) is 8.91. The number of hydrogen-bond donors (Lipinski definition) is 5. The molecular formula is C20H19BrClNO6. The van der Waals surface area contributed by atoms with Gasteiger partial charge >= 0.3 is 0 Å². The number of aliphatic hydroxyl groups is 4. The number of aromatic amines is 1. The number of halogens is 2. The summed E-state index contributed by atoms with van der Waals surface area (Å²) in [6, 6.07) is 14.1. The van der Waals surface area contributed by atoms with Gasteiger partial charge in [0.1, 0.15) is 24.1 Å². The number of H-pyrrole nitrogens is 1. The Morgan fingerprint density at radius 3 is 2.59 bits per heavy atom. The molecule has 1 aromatic heterocycles. The van der Waals surface area contributed by atoms with E-state index >= 15 is 0 Å². The van der Waals surface area contributed by atoms with E-state index in [-0.39, 0.29) is 10.8 Å². The molecule has 3 aromatic rings. The molecule has 2 aromatic carbocycles. The van der Waals surface area contributed by atoms with Crippen LogP contribution < -0.4 is 4.74 Å². The molecule has 0 aliphatic carbocycles. The topological polar surface area (TPSA) is 115 Å². The number of nitrogens with one attached hydrogen (secondary N) is 1. The fourth-order valence-electron chi connectivity index (χ4n) is 3.49. The molecule has 4 rings (SSSR count). The van der Waals surface area contributed by atoms with Crippen LogP contribution in [0.3, 0.4) is 0 Å². The average Bonchev–Trinajstić information content (AvgIpc) is 3.16. The van der Waals surface area contributed by atoms with Crippen LogP contribution in [0.2, 0.25) is 5.02 Å². The largest absolute Gasteiger partial charge is 0.452 e. The number of benzene rings is 2. The lowest BCUT2D eigenvalue weighted by Gasteiger charge is -2.47. The maximum absolute atomic E-state index is 11.0. The monoisotopic (exact) mass is 483 g/mol. The van der Waals surface area contributed by atoms with Gasteiger partial charge in [-0.25, -0.2) is 0 Å². The molecule has 9 heteroatoms. The van der Waals surface area contributed by atoms with Gasteiger partial charge in [0.05, 0.1) is 17.3 Å². The van der Waals surface area contributed by atoms with Gasteiger partial charge in [-0.15, -0.1) is 0 Å². The van der Waals surface area contributed by atoms with Crippen molar-refractivity contribution < 1.29 is 29.9 Å². The van der Waals surface area contributed by atoms with Crippen LogP contribution in [0.25, 0.3) is 10.9 Å². The summed E-state index contributed by atoms with van der Waals surface area (Å²) in [6.07, 6.45) is -6.04. The summed E-state index contributed by atoms with van der Waals surface area (Å²) < 4.78 is 12.5. The van der Waals surface area contributed by atoms with Crippen molar-refractivity contribution in [3.63, 3.8) is 0 Å². The molecule has 0 saturated carbocycles. The van der Waals surface area contributed by atoms with E-state index in [4.69, 9.17) is 21.1 Å². The van der Waals surface area contributed by atoms with E-state index in [1.165, 1.54) is 0 Å². The molecule has 5 atom stereocenters. The van der Waals surface area contributed by atoms with Crippen molar-refractivity contribution in [3.8, 4) is 5.75 Å². The third-order valence-corrected chi connectivity index (χ3v) is 6.31. The summed E-state index contributed by atoms with van der Waals surface area (Å²) in [5, 5.41) is 42.4. The number of para-hydroxylation sites is 1. The number of fused-ring (bicyclic) bond motifs is 1. The zero-order valence-corrected chi connectivity index (χ0v) is 17.3. The predicted molar refractivity (Wildman–Crippen MR) is 110 cm³/mol. The van der Waals surface area contributed by atoms with Crippen LogP contribution in [0.1, 0.15) is 5.69 Å². The molecule has 1 unspecified atom stereocenters. The second-order valence-corrected chi connectivity index (χ2v) is 8.09. The predicted octanol–water partition coefficient (Wildman–Crippen LogP) is 2.29. The van der Waals surface area contributed by atoms with Crippen molar-refractivity contribution in [3.05, 3.63) is 63.7 Å². The van der Waals surface area contributed by atoms with Crippen LogP contribution in [-0.2, 0) is 10.5 Å². The first-order valence-corrected chi connectivity index (χ1v) is 10.1. The third-order valence-electron chi connectivity index (χ3n) is 5.03. The Kier molecular flexibility index (Phi) is 5.60. The van der Waals surface area contributed by atoms with Crippen molar-refractivity contribution in [2.75, 3.05) is 6.61 Å². The van der Waals surface area contributed by atoms with E-state index in [1.807, 2.05) is 24.3 Å². The summed E-state index contributed by atoms with van der Waals surface area (Å²) in [5.41, 5.74) is 1.05. The molecule has 0 radical (unpaired) electrons. The molecule has 0 amide bonds. The zero-order valence-electron chi connectivity index (χ0n) is 15.0. The minimum absolute atomic E-state index is 0.180. The molecule has 1 saturated heterocycles. The lowest BCUT2D eigenvalue weighted by atomic mass is 9.90. The molecule has 5 N–H and O–H groups in total. The smallest absolute Gasteiger partial charge is 0.281 e. The normalized spacial score (nSPS) is 29.9. The Morgan fingerprint density at radius 1 is 1.10 bits per heavy atom.